The van der Waals surface area contributed by atoms with Gasteiger partial charge in [0.1, 0.15) is 0 Å². The number of carboxylic acids is 1. The van der Waals surface area contributed by atoms with Crippen molar-refractivity contribution in [2.45, 2.75) is 27.2 Å². The van der Waals surface area contributed by atoms with Crippen molar-refractivity contribution in [2.24, 2.45) is 11.3 Å². The third-order valence-electron chi connectivity index (χ3n) is 1.92. The van der Waals surface area contributed by atoms with Crippen molar-refractivity contribution >= 4 is 11.9 Å². The number of carbonyl (C=O) groups excluding carboxylic acids is 1. The maximum absolute atomic E-state index is 10.9. The van der Waals surface area contributed by atoms with Gasteiger partial charge in [0.05, 0.1) is 5.92 Å². The Balaban J connectivity index is 4.24. The average Bonchev–Trinajstić information content (AvgIpc) is 2.09. The van der Waals surface area contributed by atoms with E-state index in [0.29, 0.717) is 6.42 Å². The van der Waals surface area contributed by atoms with Gasteiger partial charge >= 0.3 is 5.97 Å². The normalized spacial score (nSPS) is 13.0. The summed E-state index contributed by atoms with van der Waals surface area (Å²) in [5, 5.41) is 11.4. The Morgan fingerprint density at radius 1 is 1.47 bits per heavy atom. The van der Waals surface area contributed by atoms with Crippen LogP contribution in [-0.4, -0.2) is 23.5 Å². The van der Waals surface area contributed by atoms with Crippen molar-refractivity contribution in [1.82, 2.24) is 5.32 Å². The van der Waals surface area contributed by atoms with E-state index in [0.717, 1.165) is 6.08 Å². The van der Waals surface area contributed by atoms with Gasteiger partial charge in [0.2, 0.25) is 5.91 Å². The van der Waals surface area contributed by atoms with Crippen LogP contribution in [-0.2, 0) is 9.59 Å². The lowest BCUT2D eigenvalue weighted by Gasteiger charge is -2.23. The molecule has 0 radical (unpaired) electrons. The van der Waals surface area contributed by atoms with Crippen LogP contribution in [0, 0.1) is 11.3 Å². The van der Waals surface area contributed by atoms with Gasteiger partial charge in [-0.05, 0) is 17.9 Å². The van der Waals surface area contributed by atoms with Crippen molar-refractivity contribution in [3.63, 3.8) is 0 Å². The van der Waals surface area contributed by atoms with E-state index in [1.807, 2.05) is 20.8 Å². The van der Waals surface area contributed by atoms with Gasteiger partial charge in [-0.1, -0.05) is 27.4 Å². The van der Waals surface area contributed by atoms with Gasteiger partial charge in [-0.3, -0.25) is 9.59 Å². The molecule has 4 nitrogen and oxygen atoms in total. The van der Waals surface area contributed by atoms with Gasteiger partial charge in [-0.25, -0.2) is 0 Å². The summed E-state index contributed by atoms with van der Waals surface area (Å²) < 4.78 is 0. The second kappa shape index (κ2) is 5.53. The van der Waals surface area contributed by atoms with Crippen LogP contribution in [0.25, 0.3) is 0 Å². The summed E-state index contributed by atoms with van der Waals surface area (Å²) in [6, 6.07) is 0. The van der Waals surface area contributed by atoms with Crippen molar-refractivity contribution in [1.29, 1.82) is 0 Å². The van der Waals surface area contributed by atoms with E-state index in [2.05, 4.69) is 11.9 Å². The third kappa shape index (κ3) is 6.71. The van der Waals surface area contributed by atoms with Gasteiger partial charge < -0.3 is 10.4 Å². The lowest BCUT2D eigenvalue weighted by molar-refractivity contribution is -0.142. The van der Waals surface area contributed by atoms with Crippen molar-refractivity contribution < 1.29 is 14.7 Å². The van der Waals surface area contributed by atoms with E-state index >= 15 is 0 Å². The summed E-state index contributed by atoms with van der Waals surface area (Å²) in [5.74, 6) is -1.77. The molecular weight excluding hydrogens is 194 g/mol. The fraction of sp³-hybridized carbons (Fsp3) is 0.636. The molecule has 0 aromatic carbocycles. The number of aliphatic carboxylic acids is 1. The summed E-state index contributed by atoms with van der Waals surface area (Å²) in [6.45, 7) is 9.36. The molecule has 0 spiro atoms. The van der Waals surface area contributed by atoms with Gasteiger partial charge in [0.25, 0.3) is 0 Å². The largest absolute Gasteiger partial charge is 0.481 e. The molecule has 4 heteroatoms. The molecule has 15 heavy (non-hydrogen) atoms. The zero-order chi connectivity index (χ0) is 12.1. The second-order valence-corrected chi connectivity index (χ2v) is 4.75. The number of hydrogen-bond acceptors (Lipinski definition) is 2. The number of carbonyl (C=O) groups is 2. The first kappa shape index (κ1) is 13.7. The monoisotopic (exact) mass is 213 g/mol. The smallest absolute Gasteiger partial charge is 0.308 e. The minimum atomic E-state index is -0.880. The zero-order valence-electron chi connectivity index (χ0n) is 9.54. The topological polar surface area (TPSA) is 66.4 Å². The highest BCUT2D eigenvalue weighted by molar-refractivity contribution is 5.87. The minimum Gasteiger partial charge on any atom is -0.481 e. The van der Waals surface area contributed by atoms with Crippen LogP contribution >= 0.6 is 0 Å². The Labute approximate surface area is 90.4 Å². The molecule has 1 atom stereocenters. The van der Waals surface area contributed by atoms with Crippen LogP contribution in [0.15, 0.2) is 12.7 Å². The van der Waals surface area contributed by atoms with Crippen molar-refractivity contribution in [2.75, 3.05) is 6.54 Å². The van der Waals surface area contributed by atoms with Crippen LogP contribution in [0.5, 0.6) is 0 Å². The van der Waals surface area contributed by atoms with Crippen LogP contribution in [0.2, 0.25) is 0 Å². The summed E-state index contributed by atoms with van der Waals surface area (Å²) in [5.41, 5.74) is -0.0675. The molecule has 0 aromatic rings. The van der Waals surface area contributed by atoms with E-state index in [1.54, 1.807) is 0 Å². The second-order valence-electron chi connectivity index (χ2n) is 4.75. The maximum atomic E-state index is 10.9. The standard InChI is InChI=1S/C11H19NO3/c1-5-9(13)12-7-8(10(14)15)6-11(2,3)4/h5,8H,1,6-7H2,2-4H3,(H,12,13)(H,14,15). The number of nitrogens with one attached hydrogen (secondary N) is 1. The Hall–Kier alpha value is -1.32. The Bertz CT molecular complexity index is 253. The van der Waals surface area contributed by atoms with Crippen molar-refractivity contribution in [3.05, 3.63) is 12.7 Å². The summed E-state index contributed by atoms with van der Waals surface area (Å²) in [4.78, 5) is 21.8. The third-order valence-corrected chi connectivity index (χ3v) is 1.92. The number of amides is 1. The van der Waals surface area contributed by atoms with Crippen LogP contribution in [0.1, 0.15) is 27.2 Å². The highest BCUT2D eigenvalue weighted by Gasteiger charge is 2.24. The number of hydrogen-bond donors (Lipinski definition) is 2. The molecule has 0 aliphatic heterocycles. The molecule has 0 aliphatic rings. The molecule has 0 bridgehead atoms. The molecule has 0 aromatic heterocycles. The van der Waals surface area contributed by atoms with E-state index in [4.69, 9.17) is 5.11 Å². The predicted octanol–water partition coefficient (Wildman–Crippen LogP) is 1.43. The first-order valence-electron chi connectivity index (χ1n) is 4.89. The Morgan fingerprint density at radius 2 is 2.00 bits per heavy atom. The highest BCUT2D eigenvalue weighted by atomic mass is 16.4. The first-order valence-corrected chi connectivity index (χ1v) is 4.89. The highest BCUT2D eigenvalue weighted by Crippen LogP contribution is 2.24. The number of rotatable bonds is 5. The van der Waals surface area contributed by atoms with Crippen LogP contribution < -0.4 is 5.32 Å². The SMILES string of the molecule is C=CC(=O)NCC(CC(C)(C)C)C(=O)O. The maximum Gasteiger partial charge on any atom is 0.308 e. The summed E-state index contributed by atoms with van der Waals surface area (Å²) in [6.07, 6.45) is 1.66. The van der Waals surface area contributed by atoms with E-state index in [1.165, 1.54) is 0 Å². The molecule has 0 heterocycles. The quantitative estimate of drug-likeness (QED) is 0.679. The molecule has 0 rings (SSSR count). The molecular formula is C11H19NO3. The van der Waals surface area contributed by atoms with Crippen LogP contribution in [0.3, 0.4) is 0 Å². The average molecular weight is 213 g/mol. The minimum absolute atomic E-state index is 0.0675. The van der Waals surface area contributed by atoms with E-state index < -0.39 is 11.9 Å². The first-order chi connectivity index (χ1) is 6.76. The molecule has 1 unspecified atom stereocenters. The fourth-order valence-corrected chi connectivity index (χ4v) is 1.28. The fourth-order valence-electron chi connectivity index (χ4n) is 1.28. The van der Waals surface area contributed by atoms with Gasteiger partial charge in [-0.2, -0.15) is 0 Å². The molecule has 0 aliphatic carbocycles. The summed E-state index contributed by atoms with van der Waals surface area (Å²) in [7, 11) is 0. The van der Waals surface area contributed by atoms with E-state index in [-0.39, 0.29) is 17.9 Å². The van der Waals surface area contributed by atoms with Gasteiger partial charge in [-0.15, -0.1) is 0 Å². The molecule has 0 saturated carbocycles. The molecule has 1 amide bonds. The lowest BCUT2D eigenvalue weighted by Crippen LogP contribution is -2.34. The summed E-state index contributed by atoms with van der Waals surface area (Å²) >= 11 is 0. The van der Waals surface area contributed by atoms with Gasteiger partial charge in [0, 0.05) is 6.54 Å². The zero-order valence-corrected chi connectivity index (χ0v) is 9.54. The molecule has 2 N–H and O–H groups in total. The molecule has 0 fully saturated rings. The van der Waals surface area contributed by atoms with Crippen molar-refractivity contribution in [3.8, 4) is 0 Å². The molecule has 0 saturated heterocycles. The van der Waals surface area contributed by atoms with Crippen LogP contribution in [0.4, 0.5) is 0 Å². The van der Waals surface area contributed by atoms with E-state index in [9.17, 15) is 9.59 Å². The lowest BCUT2D eigenvalue weighted by atomic mass is 9.84. The molecule has 86 valence electrons. The Kier molecular flexibility index (Phi) is 5.05. The number of carboxylic acid groups (broad SMARTS) is 1. The van der Waals surface area contributed by atoms with Gasteiger partial charge in [0.15, 0.2) is 0 Å². The Morgan fingerprint density at radius 3 is 2.33 bits per heavy atom. The predicted molar refractivity (Wildman–Crippen MR) is 58.4 cm³/mol.